The molecule has 0 saturated carbocycles. The molecule has 5 nitrogen and oxygen atoms in total. The Labute approximate surface area is 148 Å². The van der Waals surface area contributed by atoms with Crippen LogP contribution in [-0.4, -0.2) is 41.2 Å². The van der Waals surface area contributed by atoms with Gasteiger partial charge < -0.3 is 15.3 Å². The molecule has 1 atom stereocenters. The second-order valence-corrected chi connectivity index (χ2v) is 6.56. The summed E-state index contributed by atoms with van der Waals surface area (Å²) < 4.78 is 0. The lowest BCUT2D eigenvalue weighted by molar-refractivity contribution is 0.0909. The molecule has 2 heterocycles. The van der Waals surface area contributed by atoms with E-state index in [0.717, 1.165) is 38.0 Å². The second kappa shape index (κ2) is 8.61. The van der Waals surface area contributed by atoms with Crippen LogP contribution in [0.2, 0.25) is 0 Å². The number of β-amino-alcohol motifs (C(OH)–C–C–N with tert-alkyl or cyclic N) is 1. The van der Waals surface area contributed by atoms with Gasteiger partial charge in [0.05, 0.1) is 11.7 Å². The van der Waals surface area contributed by atoms with Crippen LogP contribution in [0.25, 0.3) is 0 Å². The molecule has 2 N–H and O–H groups in total. The fourth-order valence-corrected chi connectivity index (χ4v) is 3.28. The summed E-state index contributed by atoms with van der Waals surface area (Å²) in [6.45, 7) is 3.50. The molecule has 130 valence electrons. The molecule has 1 aromatic heterocycles. The van der Waals surface area contributed by atoms with Crippen molar-refractivity contribution in [3.8, 4) is 6.07 Å². The van der Waals surface area contributed by atoms with Gasteiger partial charge in [-0.2, -0.15) is 5.26 Å². The van der Waals surface area contributed by atoms with Gasteiger partial charge in [0, 0.05) is 19.3 Å². The first-order valence-electron chi connectivity index (χ1n) is 8.80. The van der Waals surface area contributed by atoms with E-state index in [2.05, 4.69) is 21.3 Å². The number of pyridine rings is 1. The van der Waals surface area contributed by atoms with Crippen molar-refractivity contribution in [3.63, 3.8) is 0 Å². The van der Waals surface area contributed by atoms with Crippen molar-refractivity contribution >= 4 is 5.82 Å². The van der Waals surface area contributed by atoms with Crippen LogP contribution in [0.3, 0.4) is 0 Å². The number of aliphatic hydroxyl groups is 1. The van der Waals surface area contributed by atoms with Crippen LogP contribution in [0.1, 0.15) is 30.1 Å². The van der Waals surface area contributed by atoms with Gasteiger partial charge in [-0.3, -0.25) is 0 Å². The SMILES string of the molecule is N#Cc1cccnc1NCC1CCN(C[C@H](O)c2ccccc2)CC1. The predicted octanol–water partition coefficient (Wildman–Crippen LogP) is 2.81. The van der Waals surface area contributed by atoms with Gasteiger partial charge in [0.2, 0.25) is 0 Å². The Balaban J connectivity index is 1.44. The summed E-state index contributed by atoms with van der Waals surface area (Å²) in [6.07, 6.45) is 3.45. The van der Waals surface area contributed by atoms with E-state index in [1.807, 2.05) is 30.3 Å². The van der Waals surface area contributed by atoms with E-state index in [1.165, 1.54) is 0 Å². The van der Waals surface area contributed by atoms with E-state index in [4.69, 9.17) is 5.26 Å². The minimum atomic E-state index is -0.428. The number of nitrogens with one attached hydrogen (secondary N) is 1. The number of anilines is 1. The van der Waals surface area contributed by atoms with Crippen molar-refractivity contribution in [2.75, 3.05) is 31.5 Å². The van der Waals surface area contributed by atoms with Crippen LogP contribution in [0.15, 0.2) is 48.7 Å². The number of likely N-dealkylation sites (tertiary alicyclic amines) is 1. The molecule has 3 rings (SSSR count). The zero-order valence-corrected chi connectivity index (χ0v) is 14.3. The Morgan fingerprint density at radius 3 is 2.68 bits per heavy atom. The van der Waals surface area contributed by atoms with Gasteiger partial charge in [-0.05, 0) is 49.5 Å². The maximum Gasteiger partial charge on any atom is 0.143 e. The topological polar surface area (TPSA) is 72.2 Å². The summed E-state index contributed by atoms with van der Waals surface area (Å²) in [5, 5.41) is 22.8. The van der Waals surface area contributed by atoms with Gasteiger partial charge in [0.1, 0.15) is 11.9 Å². The molecule has 5 heteroatoms. The summed E-state index contributed by atoms with van der Waals surface area (Å²) >= 11 is 0. The van der Waals surface area contributed by atoms with Crippen molar-refractivity contribution < 1.29 is 5.11 Å². The van der Waals surface area contributed by atoms with Gasteiger partial charge in [-0.15, -0.1) is 0 Å². The first kappa shape index (κ1) is 17.4. The normalized spacial score (nSPS) is 17.0. The number of rotatable bonds is 6. The van der Waals surface area contributed by atoms with Crippen molar-refractivity contribution in [1.29, 1.82) is 5.26 Å². The van der Waals surface area contributed by atoms with Crippen molar-refractivity contribution in [2.24, 2.45) is 5.92 Å². The number of nitrogens with zero attached hydrogens (tertiary/aromatic N) is 3. The Hall–Kier alpha value is -2.42. The summed E-state index contributed by atoms with van der Waals surface area (Å²) in [5.41, 5.74) is 1.57. The highest BCUT2D eigenvalue weighted by molar-refractivity contribution is 5.51. The third-order valence-electron chi connectivity index (χ3n) is 4.81. The monoisotopic (exact) mass is 336 g/mol. The highest BCUT2D eigenvalue weighted by atomic mass is 16.3. The molecule has 2 aromatic rings. The highest BCUT2D eigenvalue weighted by Gasteiger charge is 2.21. The van der Waals surface area contributed by atoms with E-state index < -0.39 is 6.10 Å². The molecule has 1 aliphatic heterocycles. The van der Waals surface area contributed by atoms with Gasteiger partial charge in [0.15, 0.2) is 0 Å². The van der Waals surface area contributed by atoms with Crippen molar-refractivity contribution in [3.05, 3.63) is 59.8 Å². The number of benzene rings is 1. The molecule has 25 heavy (non-hydrogen) atoms. The zero-order chi connectivity index (χ0) is 17.5. The van der Waals surface area contributed by atoms with Crippen molar-refractivity contribution in [1.82, 2.24) is 9.88 Å². The first-order valence-corrected chi connectivity index (χ1v) is 8.80. The Morgan fingerprint density at radius 2 is 1.96 bits per heavy atom. The standard InChI is InChI=1S/C20H24N4O/c21-13-18-7-4-10-22-20(18)23-14-16-8-11-24(12-9-16)15-19(25)17-5-2-1-3-6-17/h1-7,10,16,19,25H,8-9,11-12,14-15H2,(H,22,23)/t19-/m0/s1. The van der Waals surface area contributed by atoms with Gasteiger partial charge in [0.25, 0.3) is 0 Å². The van der Waals surface area contributed by atoms with Gasteiger partial charge >= 0.3 is 0 Å². The molecule has 1 aromatic carbocycles. The molecule has 1 fully saturated rings. The molecule has 0 amide bonds. The molecule has 0 unspecified atom stereocenters. The summed E-state index contributed by atoms with van der Waals surface area (Å²) in [7, 11) is 0. The fourth-order valence-electron chi connectivity index (χ4n) is 3.28. The Bertz CT molecular complexity index is 705. The van der Waals surface area contributed by atoms with E-state index >= 15 is 0 Å². The van der Waals surface area contributed by atoms with E-state index in [-0.39, 0.29) is 0 Å². The van der Waals surface area contributed by atoms with Crippen LogP contribution in [0.5, 0.6) is 0 Å². The molecule has 1 saturated heterocycles. The lowest BCUT2D eigenvalue weighted by atomic mass is 9.96. The maximum absolute atomic E-state index is 10.4. The van der Waals surface area contributed by atoms with Crippen LogP contribution < -0.4 is 5.32 Å². The number of hydrogen-bond acceptors (Lipinski definition) is 5. The quantitative estimate of drug-likeness (QED) is 0.849. The number of hydrogen-bond donors (Lipinski definition) is 2. The number of nitriles is 1. The van der Waals surface area contributed by atoms with Crippen LogP contribution >= 0.6 is 0 Å². The molecule has 0 spiro atoms. The molecular formula is C20H24N4O. The Kier molecular flexibility index (Phi) is 5.99. The average molecular weight is 336 g/mol. The predicted molar refractivity (Wildman–Crippen MR) is 98.0 cm³/mol. The van der Waals surface area contributed by atoms with Crippen molar-refractivity contribution in [2.45, 2.75) is 18.9 Å². The van der Waals surface area contributed by atoms with Crippen LogP contribution in [0, 0.1) is 17.2 Å². The third kappa shape index (κ3) is 4.79. The minimum Gasteiger partial charge on any atom is -0.387 e. The van der Waals surface area contributed by atoms with Gasteiger partial charge in [-0.25, -0.2) is 4.98 Å². The number of piperidine rings is 1. The summed E-state index contributed by atoms with van der Waals surface area (Å²) in [4.78, 5) is 6.57. The lowest BCUT2D eigenvalue weighted by Crippen LogP contribution is -2.38. The van der Waals surface area contributed by atoms with E-state index in [1.54, 1.807) is 18.3 Å². The molecule has 0 aliphatic carbocycles. The molecule has 0 radical (unpaired) electrons. The summed E-state index contributed by atoms with van der Waals surface area (Å²) in [6, 6.07) is 15.6. The van der Waals surface area contributed by atoms with Gasteiger partial charge in [-0.1, -0.05) is 30.3 Å². The van der Waals surface area contributed by atoms with Crippen LogP contribution in [-0.2, 0) is 0 Å². The third-order valence-corrected chi connectivity index (χ3v) is 4.81. The van der Waals surface area contributed by atoms with Crippen LogP contribution in [0.4, 0.5) is 5.82 Å². The number of aromatic nitrogens is 1. The first-order chi connectivity index (χ1) is 12.3. The summed E-state index contributed by atoms with van der Waals surface area (Å²) in [5.74, 6) is 1.24. The second-order valence-electron chi connectivity index (χ2n) is 6.56. The number of aliphatic hydroxyl groups excluding tert-OH is 1. The smallest absolute Gasteiger partial charge is 0.143 e. The van der Waals surface area contributed by atoms with E-state index in [0.29, 0.717) is 23.8 Å². The molecule has 1 aliphatic rings. The fraction of sp³-hybridized carbons (Fsp3) is 0.400. The highest BCUT2D eigenvalue weighted by Crippen LogP contribution is 2.21. The lowest BCUT2D eigenvalue weighted by Gasteiger charge is -2.33. The zero-order valence-electron chi connectivity index (χ0n) is 14.3. The Morgan fingerprint density at radius 1 is 1.20 bits per heavy atom. The molecule has 0 bridgehead atoms. The average Bonchev–Trinajstić information content (AvgIpc) is 2.68. The maximum atomic E-state index is 10.4. The largest absolute Gasteiger partial charge is 0.387 e. The molecular weight excluding hydrogens is 312 g/mol. The minimum absolute atomic E-state index is 0.428. The van der Waals surface area contributed by atoms with E-state index in [9.17, 15) is 5.11 Å².